The Balaban J connectivity index is 1.34. The number of hydrogen-bond donors (Lipinski definition) is 2. The highest BCUT2D eigenvalue weighted by Gasteiger charge is 2.76. The zero-order valence-corrected chi connectivity index (χ0v) is 20.3. The van der Waals surface area contributed by atoms with Crippen LogP contribution in [0.25, 0.3) is 5.65 Å². The summed E-state index contributed by atoms with van der Waals surface area (Å²) in [7, 11) is 0. The van der Waals surface area contributed by atoms with Crippen LogP contribution in [-0.2, 0) is 0 Å². The van der Waals surface area contributed by atoms with Crippen molar-refractivity contribution in [1.29, 1.82) is 0 Å². The van der Waals surface area contributed by atoms with Gasteiger partial charge in [0.05, 0.1) is 17.2 Å². The van der Waals surface area contributed by atoms with Gasteiger partial charge >= 0.3 is 5.97 Å². The molecule has 3 heterocycles. The van der Waals surface area contributed by atoms with Crippen molar-refractivity contribution in [1.82, 2.24) is 9.38 Å². The number of aromatic carboxylic acids is 1. The second kappa shape index (κ2) is 6.86. The molecule has 3 aliphatic carbocycles. The summed E-state index contributed by atoms with van der Waals surface area (Å²) in [6.07, 6.45) is 6.99. The van der Waals surface area contributed by atoms with E-state index in [0.29, 0.717) is 28.8 Å². The van der Waals surface area contributed by atoms with E-state index >= 15 is 0 Å². The van der Waals surface area contributed by atoms with Crippen LogP contribution < -0.4 is 15.8 Å². The Bertz CT molecular complexity index is 1480. The van der Waals surface area contributed by atoms with Crippen LogP contribution in [0.2, 0.25) is 0 Å². The number of carboxylic acid groups (broad SMARTS) is 1. The van der Waals surface area contributed by atoms with Crippen LogP contribution in [-0.4, -0.2) is 32.5 Å². The number of pyridine rings is 1. The fraction of sp³-hybridized carbons (Fsp3) is 0.464. The van der Waals surface area contributed by atoms with Gasteiger partial charge in [-0.1, -0.05) is 12.1 Å². The van der Waals surface area contributed by atoms with Gasteiger partial charge in [0.1, 0.15) is 11.5 Å². The maximum absolute atomic E-state index is 13.6. The number of para-hydroxylation sites is 1. The van der Waals surface area contributed by atoms with E-state index in [4.69, 9.17) is 4.98 Å². The van der Waals surface area contributed by atoms with Crippen molar-refractivity contribution >= 4 is 23.1 Å². The zero-order valence-electron chi connectivity index (χ0n) is 20.3. The van der Waals surface area contributed by atoms with Gasteiger partial charge in [0.25, 0.3) is 5.56 Å². The molecule has 1 saturated heterocycles. The molecule has 2 N–H and O–H groups in total. The predicted octanol–water partition coefficient (Wildman–Crippen LogP) is 4.56. The van der Waals surface area contributed by atoms with Crippen LogP contribution in [0, 0.1) is 31.1 Å². The van der Waals surface area contributed by atoms with Crippen LogP contribution in [0.4, 0.5) is 11.5 Å². The highest BCUT2D eigenvalue weighted by molar-refractivity contribution is 5.94. The van der Waals surface area contributed by atoms with Crippen molar-refractivity contribution in [3.05, 3.63) is 69.1 Å². The summed E-state index contributed by atoms with van der Waals surface area (Å²) in [6.45, 7) is 5.88. The van der Waals surface area contributed by atoms with Crippen molar-refractivity contribution in [2.75, 3.05) is 10.2 Å². The van der Waals surface area contributed by atoms with E-state index in [1.165, 1.54) is 25.7 Å². The molecule has 6 atom stereocenters. The van der Waals surface area contributed by atoms with Crippen molar-refractivity contribution in [3.63, 3.8) is 0 Å². The fourth-order valence-electron chi connectivity index (χ4n) is 8.07. The molecule has 0 amide bonds. The van der Waals surface area contributed by atoms with Gasteiger partial charge in [-0.05, 0) is 87.5 Å². The lowest BCUT2D eigenvalue weighted by Crippen LogP contribution is -2.68. The van der Waals surface area contributed by atoms with Crippen LogP contribution >= 0.6 is 0 Å². The number of benzene rings is 1. The standard InChI is InChI=1S/C28H30N4O3/c1-14-8-21(16(3)29-22-7-5-4-6-20(22)27(34)35)25-30-24(15(2)26(33)31(25)13-14)32-19-10-17-9-18-11-23(32)28(17,18)12-19/h4-8,13,16-19,23,29H,9-12H2,1-3H3,(H,34,35)/t16-,17?,18?,19?,23?,28?/m1/s1. The molecular formula is C28H30N4O3. The Morgan fingerprint density at radius 1 is 1.20 bits per heavy atom. The molecule has 3 saturated carbocycles. The third kappa shape index (κ3) is 2.59. The zero-order chi connectivity index (χ0) is 24.2. The summed E-state index contributed by atoms with van der Waals surface area (Å²) >= 11 is 0. The Kier molecular flexibility index (Phi) is 4.11. The minimum atomic E-state index is -0.974. The number of hydrogen-bond acceptors (Lipinski definition) is 5. The molecule has 3 aromatic rings. The molecule has 180 valence electrons. The molecule has 1 aliphatic heterocycles. The summed E-state index contributed by atoms with van der Waals surface area (Å²) in [5, 5.41) is 13.0. The average Bonchev–Trinajstić information content (AvgIpc) is 3.32. The number of anilines is 2. The number of nitrogens with one attached hydrogen (secondary N) is 1. The second-order valence-electron chi connectivity index (χ2n) is 11.2. The molecule has 0 radical (unpaired) electrons. The van der Waals surface area contributed by atoms with E-state index in [-0.39, 0.29) is 17.2 Å². The first-order valence-electron chi connectivity index (χ1n) is 12.7. The van der Waals surface area contributed by atoms with Crippen molar-refractivity contribution < 1.29 is 9.90 Å². The number of piperidine rings is 1. The predicted molar refractivity (Wildman–Crippen MR) is 134 cm³/mol. The smallest absolute Gasteiger partial charge is 0.337 e. The SMILES string of the molecule is Cc1cc([C@@H](C)Nc2ccccc2C(=O)O)c2nc(N3C4CC5CC6CC3C56C4)c(C)c(=O)n2c1. The molecule has 4 fully saturated rings. The van der Waals surface area contributed by atoms with Crippen molar-refractivity contribution in [2.45, 2.75) is 64.6 Å². The Morgan fingerprint density at radius 2 is 1.97 bits per heavy atom. The first-order chi connectivity index (χ1) is 16.8. The average molecular weight is 471 g/mol. The number of carboxylic acids is 1. The van der Waals surface area contributed by atoms with Gasteiger partial charge in [0, 0.05) is 29.5 Å². The number of fused-ring (bicyclic) bond motifs is 2. The lowest BCUT2D eigenvalue weighted by atomic mass is 9.41. The maximum atomic E-state index is 13.6. The molecule has 2 aromatic heterocycles. The topological polar surface area (TPSA) is 86.9 Å². The summed E-state index contributed by atoms with van der Waals surface area (Å²) in [5.74, 6) is 1.64. The van der Waals surface area contributed by atoms with Crippen LogP contribution in [0.15, 0.2) is 41.3 Å². The largest absolute Gasteiger partial charge is 0.478 e. The van der Waals surface area contributed by atoms with Crippen molar-refractivity contribution in [3.8, 4) is 0 Å². The summed E-state index contributed by atoms with van der Waals surface area (Å²) < 4.78 is 1.67. The van der Waals surface area contributed by atoms with Gasteiger partial charge in [-0.25, -0.2) is 9.78 Å². The molecular weight excluding hydrogens is 440 g/mol. The number of rotatable bonds is 5. The van der Waals surface area contributed by atoms with Gasteiger partial charge in [0.15, 0.2) is 0 Å². The third-order valence-corrected chi connectivity index (χ3v) is 9.62. The Morgan fingerprint density at radius 3 is 2.71 bits per heavy atom. The van der Waals surface area contributed by atoms with Gasteiger partial charge in [0.2, 0.25) is 0 Å². The van der Waals surface area contributed by atoms with Gasteiger partial charge in [-0.2, -0.15) is 0 Å². The molecule has 7 nitrogen and oxygen atoms in total. The number of nitrogens with zero attached hydrogens (tertiary/aromatic N) is 3. The number of aryl methyl sites for hydroxylation is 1. The second-order valence-corrected chi connectivity index (χ2v) is 11.2. The summed E-state index contributed by atoms with van der Waals surface area (Å²) in [4.78, 5) is 33.0. The first kappa shape index (κ1) is 21.0. The molecule has 2 bridgehead atoms. The molecule has 7 heteroatoms. The molecule has 1 spiro atoms. The first-order valence-corrected chi connectivity index (χ1v) is 12.7. The normalized spacial score (nSPS) is 30.5. The minimum Gasteiger partial charge on any atom is -0.478 e. The van der Waals surface area contributed by atoms with Gasteiger partial charge < -0.3 is 15.3 Å². The quantitative estimate of drug-likeness (QED) is 0.569. The molecule has 35 heavy (non-hydrogen) atoms. The van der Waals surface area contributed by atoms with Gasteiger partial charge in [-0.3, -0.25) is 9.20 Å². The lowest BCUT2D eigenvalue weighted by molar-refractivity contribution is -0.135. The highest BCUT2D eigenvalue weighted by Crippen LogP contribution is 2.77. The minimum absolute atomic E-state index is 0.0191. The Hall–Kier alpha value is -3.35. The van der Waals surface area contributed by atoms with E-state index < -0.39 is 5.97 Å². The number of carbonyl (C=O) groups is 1. The van der Waals surface area contributed by atoms with E-state index in [1.807, 2.05) is 33.0 Å². The van der Waals surface area contributed by atoms with Gasteiger partial charge in [-0.15, -0.1) is 0 Å². The lowest BCUT2D eigenvalue weighted by Gasteiger charge is -2.68. The third-order valence-electron chi connectivity index (χ3n) is 9.62. The van der Waals surface area contributed by atoms with E-state index in [0.717, 1.165) is 34.3 Å². The van der Waals surface area contributed by atoms with Crippen LogP contribution in [0.5, 0.6) is 0 Å². The molecule has 1 aromatic carbocycles. The maximum Gasteiger partial charge on any atom is 0.337 e. The van der Waals surface area contributed by atoms with E-state index in [9.17, 15) is 14.7 Å². The molecule has 5 unspecified atom stereocenters. The van der Waals surface area contributed by atoms with Crippen molar-refractivity contribution in [2.24, 2.45) is 17.3 Å². The van der Waals surface area contributed by atoms with E-state index in [2.05, 4.69) is 16.3 Å². The highest BCUT2D eigenvalue weighted by atomic mass is 16.4. The fourth-order valence-corrected chi connectivity index (χ4v) is 8.07. The summed E-state index contributed by atoms with van der Waals surface area (Å²) in [6, 6.07) is 9.75. The molecule has 7 rings (SSSR count). The van der Waals surface area contributed by atoms with Crippen LogP contribution in [0.3, 0.4) is 0 Å². The number of aromatic nitrogens is 2. The van der Waals surface area contributed by atoms with E-state index in [1.54, 1.807) is 22.6 Å². The Labute approximate surface area is 203 Å². The molecule has 4 aliphatic rings. The monoisotopic (exact) mass is 470 g/mol. The van der Waals surface area contributed by atoms with Crippen LogP contribution in [0.1, 0.15) is 65.7 Å². The summed E-state index contributed by atoms with van der Waals surface area (Å²) in [5.41, 5.74) is 4.47.